The second-order valence-corrected chi connectivity index (χ2v) is 7.58. The van der Waals surface area contributed by atoms with Crippen LogP contribution in [0.2, 0.25) is 0 Å². The predicted molar refractivity (Wildman–Crippen MR) is 91.0 cm³/mol. The van der Waals surface area contributed by atoms with Crippen LogP contribution >= 0.6 is 23.1 Å². The van der Waals surface area contributed by atoms with Gasteiger partial charge in [-0.1, -0.05) is 5.16 Å². The van der Waals surface area contributed by atoms with Gasteiger partial charge in [-0.2, -0.15) is 28.1 Å². The topological polar surface area (TPSA) is 105 Å². The Morgan fingerprint density at radius 1 is 1.38 bits per heavy atom. The molecule has 0 aromatic carbocycles. The van der Waals surface area contributed by atoms with Gasteiger partial charge in [-0.15, -0.1) is 0 Å². The number of aromatic nitrogens is 2. The number of amides is 1. The molecule has 128 valence electrons. The molecule has 0 bridgehead atoms. The highest BCUT2D eigenvalue weighted by atomic mass is 32.2. The zero-order chi connectivity index (χ0) is 17.0. The number of nitrogens with one attached hydrogen (secondary N) is 1. The summed E-state index contributed by atoms with van der Waals surface area (Å²) < 4.78 is 5.15. The lowest BCUT2D eigenvalue weighted by molar-refractivity contribution is -0.148. The van der Waals surface area contributed by atoms with E-state index in [-0.39, 0.29) is 18.7 Å². The molecule has 2 N–H and O–H groups in total. The van der Waals surface area contributed by atoms with Gasteiger partial charge in [0.1, 0.15) is 5.54 Å². The maximum Gasteiger partial charge on any atom is 0.329 e. The minimum absolute atomic E-state index is 0.118. The molecular formula is C15H17N3O4S2. The van der Waals surface area contributed by atoms with Crippen LogP contribution in [-0.4, -0.2) is 44.2 Å². The van der Waals surface area contributed by atoms with Gasteiger partial charge in [0.2, 0.25) is 17.6 Å². The van der Waals surface area contributed by atoms with Crippen molar-refractivity contribution in [1.82, 2.24) is 15.5 Å². The fraction of sp³-hybridized carbons (Fsp3) is 0.467. The van der Waals surface area contributed by atoms with Crippen LogP contribution in [0.25, 0.3) is 11.4 Å². The normalized spacial score (nSPS) is 16.7. The highest BCUT2D eigenvalue weighted by molar-refractivity contribution is 7.99. The van der Waals surface area contributed by atoms with Crippen LogP contribution in [0.5, 0.6) is 0 Å². The highest BCUT2D eigenvalue weighted by Gasteiger charge is 2.41. The molecule has 1 saturated heterocycles. The van der Waals surface area contributed by atoms with Gasteiger partial charge in [0, 0.05) is 23.8 Å². The summed E-state index contributed by atoms with van der Waals surface area (Å²) in [5.41, 5.74) is -0.261. The molecule has 0 spiro atoms. The lowest BCUT2D eigenvalue weighted by Gasteiger charge is -2.33. The number of carboxylic acids is 1. The zero-order valence-corrected chi connectivity index (χ0v) is 14.5. The van der Waals surface area contributed by atoms with E-state index in [1.807, 2.05) is 16.8 Å². The third kappa shape index (κ3) is 3.78. The molecule has 7 nitrogen and oxygen atoms in total. The van der Waals surface area contributed by atoms with Crippen LogP contribution < -0.4 is 5.32 Å². The van der Waals surface area contributed by atoms with Crippen molar-refractivity contribution >= 4 is 35.0 Å². The van der Waals surface area contributed by atoms with Crippen LogP contribution in [-0.2, 0) is 16.0 Å². The van der Waals surface area contributed by atoms with E-state index in [1.54, 1.807) is 23.1 Å². The Morgan fingerprint density at radius 2 is 2.17 bits per heavy atom. The summed E-state index contributed by atoms with van der Waals surface area (Å²) in [5, 5.41) is 19.9. The SMILES string of the molecule is O=C(CCc1nc(-c2ccsc2)no1)NC1(C(=O)O)CCSCC1. The van der Waals surface area contributed by atoms with E-state index in [4.69, 9.17) is 4.52 Å². The summed E-state index contributed by atoms with van der Waals surface area (Å²) in [7, 11) is 0. The van der Waals surface area contributed by atoms with Crippen LogP contribution in [0.15, 0.2) is 21.3 Å². The first-order valence-electron chi connectivity index (χ1n) is 7.56. The van der Waals surface area contributed by atoms with Crippen molar-refractivity contribution in [3.63, 3.8) is 0 Å². The summed E-state index contributed by atoms with van der Waals surface area (Å²) in [6.07, 6.45) is 1.30. The fourth-order valence-corrected chi connectivity index (χ4v) is 4.35. The number of rotatable bonds is 6. The molecule has 0 unspecified atom stereocenters. The monoisotopic (exact) mass is 367 g/mol. The number of carbonyl (C=O) groups is 2. The Balaban J connectivity index is 1.56. The van der Waals surface area contributed by atoms with Gasteiger partial charge in [-0.25, -0.2) is 4.79 Å². The molecule has 0 radical (unpaired) electrons. The summed E-state index contributed by atoms with van der Waals surface area (Å²) in [6, 6.07) is 1.89. The van der Waals surface area contributed by atoms with Crippen molar-refractivity contribution in [2.75, 3.05) is 11.5 Å². The first kappa shape index (κ1) is 17.0. The third-order valence-corrected chi connectivity index (χ3v) is 5.62. The van der Waals surface area contributed by atoms with Gasteiger partial charge in [-0.05, 0) is 35.8 Å². The molecule has 9 heteroatoms. The fourth-order valence-electron chi connectivity index (χ4n) is 2.53. The second-order valence-electron chi connectivity index (χ2n) is 5.57. The van der Waals surface area contributed by atoms with Crippen molar-refractivity contribution in [2.45, 2.75) is 31.2 Å². The Morgan fingerprint density at radius 3 is 2.83 bits per heavy atom. The average Bonchev–Trinajstić information content (AvgIpc) is 3.25. The van der Waals surface area contributed by atoms with E-state index in [9.17, 15) is 14.7 Å². The first-order chi connectivity index (χ1) is 11.6. The molecule has 1 amide bonds. The number of carbonyl (C=O) groups excluding carboxylic acids is 1. The van der Waals surface area contributed by atoms with Gasteiger partial charge in [0.15, 0.2) is 0 Å². The van der Waals surface area contributed by atoms with E-state index in [2.05, 4.69) is 15.5 Å². The Kier molecular flexibility index (Phi) is 5.20. The number of aryl methyl sites for hydroxylation is 1. The molecule has 2 aromatic rings. The van der Waals surface area contributed by atoms with E-state index in [0.717, 1.165) is 17.1 Å². The highest BCUT2D eigenvalue weighted by Crippen LogP contribution is 2.27. The van der Waals surface area contributed by atoms with Gasteiger partial charge in [0.25, 0.3) is 0 Å². The molecule has 1 aliphatic rings. The molecule has 2 aromatic heterocycles. The van der Waals surface area contributed by atoms with E-state index < -0.39 is 11.5 Å². The summed E-state index contributed by atoms with van der Waals surface area (Å²) in [6.45, 7) is 0. The van der Waals surface area contributed by atoms with Crippen LogP contribution in [0.4, 0.5) is 0 Å². The number of hydrogen-bond donors (Lipinski definition) is 2. The minimum atomic E-state index is -1.14. The molecule has 3 rings (SSSR count). The van der Waals surface area contributed by atoms with Crippen molar-refractivity contribution < 1.29 is 19.2 Å². The zero-order valence-electron chi connectivity index (χ0n) is 12.9. The molecule has 24 heavy (non-hydrogen) atoms. The van der Waals surface area contributed by atoms with Crippen LogP contribution in [0, 0.1) is 0 Å². The number of thioether (sulfide) groups is 1. The maximum absolute atomic E-state index is 12.2. The molecular weight excluding hydrogens is 350 g/mol. The molecule has 1 aliphatic heterocycles. The summed E-state index contributed by atoms with van der Waals surface area (Å²) >= 11 is 3.25. The van der Waals surface area contributed by atoms with Crippen LogP contribution in [0.3, 0.4) is 0 Å². The lowest BCUT2D eigenvalue weighted by Crippen LogP contribution is -2.56. The van der Waals surface area contributed by atoms with Crippen molar-refractivity contribution in [2.24, 2.45) is 0 Å². The second kappa shape index (κ2) is 7.35. The molecule has 1 fully saturated rings. The first-order valence-corrected chi connectivity index (χ1v) is 9.66. The van der Waals surface area contributed by atoms with Crippen molar-refractivity contribution in [3.8, 4) is 11.4 Å². The lowest BCUT2D eigenvalue weighted by atomic mass is 9.92. The summed E-state index contributed by atoms with van der Waals surface area (Å²) in [4.78, 5) is 28.0. The standard InChI is InChI=1S/C15H17N3O4S2/c19-11(17-15(14(20)21)4-7-23-8-5-15)1-2-12-16-13(18-22-12)10-3-6-24-9-10/h3,6,9H,1-2,4-5,7-8H2,(H,17,19)(H,20,21). The average molecular weight is 367 g/mol. The third-order valence-electron chi connectivity index (χ3n) is 3.95. The van der Waals surface area contributed by atoms with Gasteiger partial charge in [0.05, 0.1) is 0 Å². The van der Waals surface area contributed by atoms with E-state index >= 15 is 0 Å². The number of hydrogen-bond acceptors (Lipinski definition) is 7. The van der Waals surface area contributed by atoms with E-state index in [1.165, 1.54) is 0 Å². The van der Waals surface area contributed by atoms with Gasteiger partial charge < -0.3 is 14.9 Å². The minimum Gasteiger partial charge on any atom is -0.480 e. The molecule has 0 atom stereocenters. The van der Waals surface area contributed by atoms with Crippen LogP contribution in [0.1, 0.15) is 25.2 Å². The maximum atomic E-state index is 12.2. The van der Waals surface area contributed by atoms with E-state index in [0.29, 0.717) is 24.6 Å². The Bertz CT molecular complexity index is 708. The Hall–Kier alpha value is -1.87. The molecule has 0 aliphatic carbocycles. The number of nitrogens with zero attached hydrogens (tertiary/aromatic N) is 2. The number of carboxylic acid groups (broad SMARTS) is 1. The molecule has 0 saturated carbocycles. The summed E-state index contributed by atoms with van der Waals surface area (Å²) in [5.74, 6) is 1.07. The Labute approximate surface area is 146 Å². The quantitative estimate of drug-likeness (QED) is 0.806. The van der Waals surface area contributed by atoms with Gasteiger partial charge >= 0.3 is 5.97 Å². The predicted octanol–water partition coefficient (Wildman–Crippen LogP) is 2.20. The number of aliphatic carboxylic acids is 1. The smallest absolute Gasteiger partial charge is 0.329 e. The van der Waals surface area contributed by atoms with Gasteiger partial charge in [-0.3, -0.25) is 4.79 Å². The van der Waals surface area contributed by atoms with Crippen molar-refractivity contribution in [1.29, 1.82) is 0 Å². The number of thiophene rings is 1. The largest absolute Gasteiger partial charge is 0.480 e. The molecule has 3 heterocycles. The van der Waals surface area contributed by atoms with Crippen molar-refractivity contribution in [3.05, 3.63) is 22.7 Å².